The molecule has 0 aromatic carbocycles. The molecular formula is C18H28IN5OS. The minimum absolute atomic E-state index is 0. The first-order chi connectivity index (χ1) is 12.1. The van der Waals surface area contributed by atoms with Crippen LogP contribution in [0.2, 0.25) is 0 Å². The minimum atomic E-state index is 0. The third-order valence-electron chi connectivity index (χ3n) is 3.26. The number of aryl methyl sites for hydroxylation is 1. The number of aromatic nitrogens is 2. The van der Waals surface area contributed by atoms with Crippen molar-refractivity contribution in [3.63, 3.8) is 0 Å². The molecule has 8 heteroatoms. The van der Waals surface area contributed by atoms with Crippen molar-refractivity contribution in [1.29, 1.82) is 0 Å². The number of pyridine rings is 1. The lowest BCUT2D eigenvalue weighted by atomic mass is 10.3. The Labute approximate surface area is 176 Å². The van der Waals surface area contributed by atoms with Gasteiger partial charge in [0.2, 0.25) is 5.88 Å². The molecule has 0 amide bonds. The van der Waals surface area contributed by atoms with E-state index in [1.807, 2.05) is 39.1 Å². The fourth-order valence-electron chi connectivity index (χ4n) is 2.16. The number of ether oxygens (including phenoxy) is 1. The van der Waals surface area contributed by atoms with Gasteiger partial charge in [-0.15, -0.1) is 35.3 Å². The number of rotatable bonds is 8. The van der Waals surface area contributed by atoms with Gasteiger partial charge in [0.05, 0.1) is 23.4 Å². The third kappa shape index (κ3) is 8.31. The lowest BCUT2D eigenvalue weighted by Gasteiger charge is -2.11. The van der Waals surface area contributed by atoms with E-state index in [1.54, 1.807) is 11.3 Å². The molecule has 0 spiro atoms. The van der Waals surface area contributed by atoms with Gasteiger partial charge in [-0.3, -0.25) is 0 Å². The molecule has 0 aliphatic carbocycles. The summed E-state index contributed by atoms with van der Waals surface area (Å²) in [5, 5.41) is 9.81. The minimum Gasteiger partial charge on any atom is -0.475 e. The summed E-state index contributed by atoms with van der Waals surface area (Å²) < 4.78 is 5.55. The maximum atomic E-state index is 5.55. The van der Waals surface area contributed by atoms with Crippen LogP contribution >= 0.6 is 35.3 Å². The van der Waals surface area contributed by atoms with E-state index in [4.69, 9.17) is 4.74 Å². The van der Waals surface area contributed by atoms with Crippen LogP contribution in [0.25, 0.3) is 0 Å². The van der Waals surface area contributed by atoms with Crippen LogP contribution in [0.3, 0.4) is 0 Å². The molecule has 2 heterocycles. The predicted molar refractivity (Wildman–Crippen MR) is 119 cm³/mol. The van der Waals surface area contributed by atoms with Crippen molar-refractivity contribution in [3.8, 4) is 5.88 Å². The topological polar surface area (TPSA) is 71.4 Å². The molecule has 6 nitrogen and oxygen atoms in total. The molecule has 0 saturated carbocycles. The van der Waals surface area contributed by atoms with Gasteiger partial charge in [-0.1, -0.05) is 6.07 Å². The van der Waals surface area contributed by atoms with Crippen LogP contribution in [0.5, 0.6) is 5.88 Å². The highest BCUT2D eigenvalue weighted by molar-refractivity contribution is 14.0. The molecule has 0 aliphatic heterocycles. The smallest absolute Gasteiger partial charge is 0.213 e. The average Bonchev–Trinajstić information content (AvgIpc) is 2.99. The fraction of sp³-hybridized carbons (Fsp3) is 0.500. The van der Waals surface area contributed by atoms with Crippen molar-refractivity contribution in [2.24, 2.45) is 4.99 Å². The summed E-state index contributed by atoms with van der Waals surface area (Å²) in [6, 6.07) is 3.88. The number of guanidine groups is 1. The van der Waals surface area contributed by atoms with Gasteiger partial charge in [-0.2, -0.15) is 0 Å². The largest absolute Gasteiger partial charge is 0.475 e. The third-order valence-corrected chi connectivity index (χ3v) is 4.08. The van der Waals surface area contributed by atoms with Gasteiger partial charge in [-0.25, -0.2) is 15.0 Å². The van der Waals surface area contributed by atoms with Crippen molar-refractivity contribution in [3.05, 3.63) is 40.0 Å². The number of aliphatic imine (C=N–C) groups is 1. The van der Waals surface area contributed by atoms with Crippen molar-refractivity contribution in [1.82, 2.24) is 20.6 Å². The number of hydrogen-bond acceptors (Lipinski definition) is 5. The fourth-order valence-corrected chi connectivity index (χ4v) is 2.81. The summed E-state index contributed by atoms with van der Waals surface area (Å²) in [5.74, 6) is 1.45. The second kappa shape index (κ2) is 12.1. The molecule has 0 fully saturated rings. The molecule has 0 aliphatic rings. The first kappa shape index (κ1) is 22.6. The van der Waals surface area contributed by atoms with E-state index in [2.05, 4.69) is 37.9 Å². The average molecular weight is 489 g/mol. The molecule has 2 rings (SSSR count). The monoisotopic (exact) mass is 489 g/mol. The van der Waals surface area contributed by atoms with E-state index in [-0.39, 0.29) is 30.1 Å². The number of halogens is 1. The first-order valence-electron chi connectivity index (χ1n) is 8.61. The normalized spacial score (nSPS) is 11.2. The molecule has 2 aromatic heterocycles. The van der Waals surface area contributed by atoms with Gasteiger partial charge in [0, 0.05) is 37.2 Å². The highest BCUT2D eigenvalue weighted by Gasteiger charge is 2.02. The highest BCUT2D eigenvalue weighted by atomic mass is 127. The summed E-state index contributed by atoms with van der Waals surface area (Å²) in [6.07, 6.45) is 2.82. The van der Waals surface area contributed by atoms with Gasteiger partial charge in [0.25, 0.3) is 0 Å². The number of nitrogens with one attached hydrogen (secondary N) is 2. The van der Waals surface area contributed by atoms with E-state index < -0.39 is 0 Å². The van der Waals surface area contributed by atoms with Gasteiger partial charge in [-0.05, 0) is 33.3 Å². The van der Waals surface area contributed by atoms with Crippen molar-refractivity contribution in [2.45, 2.75) is 46.8 Å². The maximum absolute atomic E-state index is 5.55. The summed E-state index contributed by atoms with van der Waals surface area (Å²) in [6.45, 7) is 10.2. The summed E-state index contributed by atoms with van der Waals surface area (Å²) >= 11 is 1.68. The van der Waals surface area contributed by atoms with Crippen LogP contribution in [-0.2, 0) is 13.0 Å². The van der Waals surface area contributed by atoms with Crippen LogP contribution in [-0.4, -0.2) is 35.1 Å². The maximum Gasteiger partial charge on any atom is 0.213 e. The van der Waals surface area contributed by atoms with E-state index in [0.717, 1.165) is 41.7 Å². The Morgan fingerprint density at radius 2 is 2.12 bits per heavy atom. The first-order valence-corrected chi connectivity index (χ1v) is 9.49. The SMILES string of the molecule is CCNC(=NCc1ccc(OC(C)C)nc1)NCCc1csc(C)n1.I. The van der Waals surface area contributed by atoms with E-state index >= 15 is 0 Å². The van der Waals surface area contributed by atoms with Gasteiger partial charge >= 0.3 is 0 Å². The predicted octanol–water partition coefficient (Wildman–Crippen LogP) is 3.55. The molecule has 0 radical (unpaired) electrons. The lowest BCUT2D eigenvalue weighted by molar-refractivity contribution is 0.232. The zero-order valence-corrected chi connectivity index (χ0v) is 18.9. The number of nitrogens with zero attached hydrogens (tertiary/aromatic N) is 3. The number of hydrogen-bond donors (Lipinski definition) is 2. The quantitative estimate of drug-likeness (QED) is 0.337. The molecule has 0 saturated heterocycles. The van der Waals surface area contributed by atoms with Gasteiger partial charge in [0.15, 0.2) is 5.96 Å². The van der Waals surface area contributed by atoms with Crippen LogP contribution in [0.4, 0.5) is 0 Å². The Kier molecular flexibility index (Phi) is 10.5. The standard InChI is InChI=1S/C18H27N5OS.HI/c1-5-19-18(20-9-8-16-12-25-14(4)23-16)22-11-15-6-7-17(21-10-15)24-13(2)3;/h6-7,10,12-13H,5,8-9,11H2,1-4H3,(H2,19,20,22);1H. The molecule has 2 N–H and O–H groups in total. The second-order valence-corrected chi connectivity index (χ2v) is 6.96. The molecule has 2 aromatic rings. The van der Waals surface area contributed by atoms with Gasteiger partial charge < -0.3 is 15.4 Å². The lowest BCUT2D eigenvalue weighted by Crippen LogP contribution is -2.38. The van der Waals surface area contributed by atoms with Crippen LogP contribution < -0.4 is 15.4 Å². The van der Waals surface area contributed by atoms with Crippen LogP contribution in [0, 0.1) is 6.92 Å². The molecule has 26 heavy (non-hydrogen) atoms. The Bertz CT molecular complexity index is 672. The summed E-state index contributed by atoms with van der Waals surface area (Å²) in [7, 11) is 0. The van der Waals surface area contributed by atoms with E-state index in [0.29, 0.717) is 12.4 Å². The Hall–Kier alpha value is -1.42. The molecule has 0 bridgehead atoms. The Balaban J connectivity index is 0.00000338. The number of thiazole rings is 1. The van der Waals surface area contributed by atoms with Crippen molar-refractivity contribution in [2.75, 3.05) is 13.1 Å². The molecule has 0 atom stereocenters. The second-order valence-electron chi connectivity index (χ2n) is 5.90. The van der Waals surface area contributed by atoms with Crippen LogP contribution in [0.15, 0.2) is 28.7 Å². The van der Waals surface area contributed by atoms with E-state index in [1.165, 1.54) is 0 Å². The summed E-state index contributed by atoms with van der Waals surface area (Å²) in [4.78, 5) is 13.4. The van der Waals surface area contributed by atoms with Crippen molar-refractivity contribution < 1.29 is 4.74 Å². The van der Waals surface area contributed by atoms with Crippen LogP contribution in [0.1, 0.15) is 37.0 Å². The zero-order valence-electron chi connectivity index (χ0n) is 15.8. The highest BCUT2D eigenvalue weighted by Crippen LogP contribution is 2.10. The van der Waals surface area contributed by atoms with Crippen molar-refractivity contribution >= 4 is 41.3 Å². The van der Waals surface area contributed by atoms with E-state index in [9.17, 15) is 0 Å². The van der Waals surface area contributed by atoms with Gasteiger partial charge in [0.1, 0.15) is 0 Å². The molecule has 0 unspecified atom stereocenters. The summed E-state index contributed by atoms with van der Waals surface area (Å²) in [5.41, 5.74) is 2.17. The molecule has 144 valence electrons. The Morgan fingerprint density at radius 3 is 2.69 bits per heavy atom. The molecular weight excluding hydrogens is 461 g/mol. The zero-order chi connectivity index (χ0) is 18.1. The Morgan fingerprint density at radius 1 is 1.31 bits per heavy atom.